The van der Waals surface area contributed by atoms with Gasteiger partial charge in [-0.05, 0) is 49.8 Å². The normalized spacial score (nSPS) is 24.1. The van der Waals surface area contributed by atoms with Crippen molar-refractivity contribution >= 4 is 36.4 Å². The monoisotopic (exact) mass is 383 g/mol. The Balaban J connectivity index is 0.00000113. The van der Waals surface area contributed by atoms with Crippen molar-refractivity contribution in [2.75, 3.05) is 5.32 Å². The van der Waals surface area contributed by atoms with E-state index in [2.05, 4.69) is 20.7 Å². The molecule has 25 heavy (non-hydrogen) atoms. The lowest BCUT2D eigenvalue weighted by molar-refractivity contribution is -0.117. The number of aromatic nitrogens is 3. The number of hydrogen-bond acceptors (Lipinski definition) is 4. The molecule has 2 bridgehead atoms. The van der Waals surface area contributed by atoms with Crippen LogP contribution in [0.3, 0.4) is 0 Å². The van der Waals surface area contributed by atoms with Gasteiger partial charge in [0.15, 0.2) is 5.82 Å². The summed E-state index contributed by atoms with van der Waals surface area (Å²) < 4.78 is 1.69. The first-order valence-corrected chi connectivity index (χ1v) is 8.28. The zero-order chi connectivity index (χ0) is 15.6. The summed E-state index contributed by atoms with van der Waals surface area (Å²) >= 11 is 0. The molecule has 2 fully saturated rings. The molecule has 2 saturated heterocycles. The fourth-order valence-corrected chi connectivity index (χ4v) is 3.82. The number of hydrogen-bond donors (Lipinski definition) is 2. The fraction of sp³-hybridized carbons (Fsp3) is 0.471. The molecule has 0 spiro atoms. The lowest BCUT2D eigenvalue weighted by Crippen LogP contribution is -2.39. The molecule has 2 aliphatic heterocycles. The molecule has 4 heterocycles. The summed E-state index contributed by atoms with van der Waals surface area (Å²) in [5.41, 5.74) is 0.739. The predicted octanol–water partition coefficient (Wildman–Crippen LogP) is 2.97. The molecular formula is C17H23Cl2N5O. The zero-order valence-corrected chi connectivity index (χ0v) is 15.4. The highest BCUT2D eigenvalue weighted by Crippen LogP contribution is 2.32. The molecule has 1 amide bonds. The van der Waals surface area contributed by atoms with Crippen LogP contribution >= 0.6 is 24.8 Å². The molecule has 0 saturated carbocycles. The van der Waals surface area contributed by atoms with Crippen molar-refractivity contribution < 1.29 is 4.79 Å². The Morgan fingerprint density at radius 3 is 2.60 bits per heavy atom. The molecule has 6 nitrogen and oxygen atoms in total. The number of amides is 1. The molecule has 0 aliphatic carbocycles. The summed E-state index contributed by atoms with van der Waals surface area (Å²) in [5, 5.41) is 10.7. The average molecular weight is 384 g/mol. The number of carbonyl (C=O) groups excluding carboxylic acids is 1. The van der Waals surface area contributed by atoms with E-state index in [1.165, 1.54) is 12.8 Å². The van der Waals surface area contributed by atoms with Crippen LogP contribution in [0.25, 0.3) is 5.82 Å². The van der Waals surface area contributed by atoms with Gasteiger partial charge in [-0.3, -0.25) is 4.79 Å². The Kier molecular flexibility index (Phi) is 6.81. The van der Waals surface area contributed by atoms with E-state index in [-0.39, 0.29) is 30.7 Å². The van der Waals surface area contributed by atoms with Crippen LogP contribution in [-0.4, -0.2) is 32.8 Å². The van der Waals surface area contributed by atoms with E-state index in [9.17, 15) is 4.79 Å². The Morgan fingerprint density at radius 1 is 1.24 bits per heavy atom. The first-order chi connectivity index (χ1) is 11.3. The number of pyridine rings is 1. The molecule has 0 radical (unpaired) electrons. The second-order valence-electron chi connectivity index (χ2n) is 6.58. The van der Waals surface area contributed by atoms with Crippen LogP contribution in [0.1, 0.15) is 32.1 Å². The van der Waals surface area contributed by atoms with Crippen molar-refractivity contribution in [1.29, 1.82) is 0 Å². The third kappa shape index (κ3) is 4.71. The maximum absolute atomic E-state index is 12.3. The van der Waals surface area contributed by atoms with Gasteiger partial charge in [-0.15, -0.1) is 24.8 Å². The van der Waals surface area contributed by atoms with Crippen molar-refractivity contribution in [3.05, 3.63) is 36.8 Å². The van der Waals surface area contributed by atoms with E-state index in [4.69, 9.17) is 0 Å². The first-order valence-electron chi connectivity index (χ1n) is 8.28. The number of rotatable bonds is 4. The zero-order valence-electron chi connectivity index (χ0n) is 13.8. The number of anilines is 1. The fourth-order valence-electron chi connectivity index (χ4n) is 3.82. The van der Waals surface area contributed by atoms with Crippen LogP contribution < -0.4 is 10.6 Å². The summed E-state index contributed by atoms with van der Waals surface area (Å²) in [6.45, 7) is 0. The number of nitrogens with zero attached hydrogens (tertiary/aromatic N) is 3. The summed E-state index contributed by atoms with van der Waals surface area (Å²) in [4.78, 5) is 16.6. The second-order valence-corrected chi connectivity index (χ2v) is 6.58. The smallest absolute Gasteiger partial charge is 0.224 e. The van der Waals surface area contributed by atoms with Crippen molar-refractivity contribution in [3.63, 3.8) is 0 Å². The molecule has 2 aliphatic rings. The first kappa shape index (κ1) is 19.7. The highest BCUT2D eigenvalue weighted by molar-refractivity contribution is 5.90. The summed E-state index contributed by atoms with van der Waals surface area (Å²) in [7, 11) is 0. The Hall–Kier alpha value is -1.63. The van der Waals surface area contributed by atoms with Crippen molar-refractivity contribution in [3.8, 4) is 5.82 Å². The topological polar surface area (TPSA) is 71.8 Å². The van der Waals surface area contributed by atoms with E-state index < -0.39 is 0 Å². The number of fused-ring (bicyclic) bond motifs is 2. The van der Waals surface area contributed by atoms with E-state index in [1.807, 2.05) is 24.4 Å². The van der Waals surface area contributed by atoms with Gasteiger partial charge in [0.1, 0.15) is 0 Å². The van der Waals surface area contributed by atoms with Crippen LogP contribution in [-0.2, 0) is 4.79 Å². The van der Waals surface area contributed by atoms with Gasteiger partial charge in [0.05, 0.1) is 11.9 Å². The Morgan fingerprint density at radius 2 is 2.00 bits per heavy atom. The number of nitrogens with one attached hydrogen (secondary N) is 2. The van der Waals surface area contributed by atoms with Gasteiger partial charge in [0.2, 0.25) is 5.91 Å². The molecule has 2 N–H and O–H groups in total. The second kappa shape index (κ2) is 8.65. The quantitative estimate of drug-likeness (QED) is 0.850. The minimum atomic E-state index is 0. The van der Waals surface area contributed by atoms with E-state index in [1.54, 1.807) is 17.1 Å². The van der Waals surface area contributed by atoms with E-state index >= 15 is 0 Å². The molecule has 0 aromatic carbocycles. The van der Waals surface area contributed by atoms with E-state index in [0.29, 0.717) is 24.4 Å². The van der Waals surface area contributed by atoms with Crippen LogP contribution in [0.4, 0.5) is 5.69 Å². The molecule has 8 heteroatoms. The molecule has 2 atom stereocenters. The van der Waals surface area contributed by atoms with Gasteiger partial charge in [0.25, 0.3) is 0 Å². The minimum absolute atomic E-state index is 0. The highest BCUT2D eigenvalue weighted by atomic mass is 35.5. The maximum atomic E-state index is 12.3. The lowest BCUT2D eigenvalue weighted by Gasteiger charge is -2.28. The molecule has 136 valence electrons. The molecule has 2 aromatic rings. The Labute approximate surface area is 159 Å². The molecule has 4 rings (SSSR count). The minimum Gasteiger partial charge on any atom is -0.325 e. The number of piperidine rings is 1. The maximum Gasteiger partial charge on any atom is 0.224 e. The van der Waals surface area contributed by atoms with Gasteiger partial charge in [-0.1, -0.05) is 0 Å². The standard InChI is InChI=1S/C17H21N5O.2ClH/c23-17(10-12-8-13-2-3-14(9-12)20-13)21-15-4-5-16(18-11-15)22-7-1-6-19-22;;/h1,4-7,11-14,20H,2-3,8-10H2,(H,21,23);2*1H. The van der Waals surface area contributed by atoms with Gasteiger partial charge in [0, 0.05) is 30.9 Å². The molecular weight excluding hydrogens is 361 g/mol. The number of halogens is 2. The highest BCUT2D eigenvalue weighted by Gasteiger charge is 2.34. The van der Waals surface area contributed by atoms with Crippen molar-refractivity contribution in [2.45, 2.75) is 44.2 Å². The summed E-state index contributed by atoms with van der Waals surface area (Å²) in [6, 6.07) is 6.83. The van der Waals surface area contributed by atoms with Crippen LogP contribution in [0, 0.1) is 5.92 Å². The summed E-state index contributed by atoms with van der Waals surface area (Å²) in [5.74, 6) is 1.33. The van der Waals surface area contributed by atoms with Crippen LogP contribution in [0.15, 0.2) is 36.8 Å². The van der Waals surface area contributed by atoms with Crippen LogP contribution in [0.5, 0.6) is 0 Å². The van der Waals surface area contributed by atoms with Crippen molar-refractivity contribution in [1.82, 2.24) is 20.1 Å². The number of carbonyl (C=O) groups is 1. The molecule has 2 unspecified atom stereocenters. The van der Waals surface area contributed by atoms with Gasteiger partial charge < -0.3 is 10.6 Å². The lowest BCUT2D eigenvalue weighted by atomic mass is 9.89. The third-order valence-corrected chi connectivity index (χ3v) is 4.82. The van der Waals surface area contributed by atoms with Gasteiger partial charge in [-0.25, -0.2) is 9.67 Å². The third-order valence-electron chi connectivity index (χ3n) is 4.82. The van der Waals surface area contributed by atoms with Gasteiger partial charge in [-0.2, -0.15) is 5.10 Å². The predicted molar refractivity (Wildman–Crippen MR) is 102 cm³/mol. The van der Waals surface area contributed by atoms with Gasteiger partial charge >= 0.3 is 0 Å². The van der Waals surface area contributed by atoms with Crippen LogP contribution in [0.2, 0.25) is 0 Å². The Bertz CT molecular complexity index is 665. The largest absolute Gasteiger partial charge is 0.325 e. The molecule has 2 aromatic heterocycles. The SMILES string of the molecule is Cl.Cl.O=C(CC1CC2CCC(C1)N2)Nc1ccc(-n2cccn2)nc1. The summed E-state index contributed by atoms with van der Waals surface area (Å²) in [6.07, 6.45) is 10.6. The van der Waals surface area contributed by atoms with E-state index in [0.717, 1.165) is 24.3 Å². The van der Waals surface area contributed by atoms with Crippen molar-refractivity contribution in [2.24, 2.45) is 5.92 Å². The average Bonchev–Trinajstić information content (AvgIpc) is 3.18.